The van der Waals surface area contributed by atoms with Gasteiger partial charge in [0, 0.05) is 23.9 Å². The molecule has 0 aliphatic heterocycles. The second kappa shape index (κ2) is 15.4. The van der Waals surface area contributed by atoms with E-state index in [1.54, 1.807) is 30.3 Å². The molecule has 1 aromatic heterocycles. The van der Waals surface area contributed by atoms with Gasteiger partial charge in [0.1, 0.15) is 5.78 Å². The van der Waals surface area contributed by atoms with E-state index >= 15 is 0 Å². The Balaban J connectivity index is 1.23. The van der Waals surface area contributed by atoms with Gasteiger partial charge in [-0.3, -0.25) is 9.59 Å². The van der Waals surface area contributed by atoms with E-state index in [1.807, 2.05) is 67.6 Å². The number of carbonyl (C=O) groups excluding carboxylic acids is 2. The van der Waals surface area contributed by atoms with Crippen molar-refractivity contribution >= 4 is 38.2 Å². The van der Waals surface area contributed by atoms with Crippen LogP contribution in [0.2, 0.25) is 0 Å². The summed E-state index contributed by atoms with van der Waals surface area (Å²) >= 11 is 0. The number of imidazole rings is 1. The number of ketones is 1. The van der Waals surface area contributed by atoms with Crippen molar-refractivity contribution in [3.8, 4) is 11.1 Å². The zero-order valence-corrected chi connectivity index (χ0v) is 29.1. The summed E-state index contributed by atoms with van der Waals surface area (Å²) in [5.41, 5.74) is 11.7. The fourth-order valence-corrected chi connectivity index (χ4v) is 8.33. The fourth-order valence-electron chi connectivity index (χ4n) is 7.01. The second-order valence-electron chi connectivity index (χ2n) is 13.6. The van der Waals surface area contributed by atoms with Crippen LogP contribution in [-0.2, 0) is 32.3 Å². The van der Waals surface area contributed by atoms with Crippen LogP contribution in [0.15, 0.2) is 101 Å². The van der Waals surface area contributed by atoms with Crippen LogP contribution < -0.4 is 16.7 Å². The molecule has 1 saturated carbocycles. The van der Waals surface area contributed by atoms with Crippen LogP contribution in [0.25, 0.3) is 22.2 Å². The number of amides is 1. The molecule has 0 bridgehead atoms. The molecule has 10 heteroatoms. The van der Waals surface area contributed by atoms with Gasteiger partial charge in [0.25, 0.3) is 0 Å². The Kier molecular flexibility index (Phi) is 10.8. The predicted octanol–water partition coefficient (Wildman–Crippen LogP) is 6.37. The third-order valence-corrected chi connectivity index (χ3v) is 11.7. The molecule has 1 fully saturated rings. The minimum atomic E-state index is -3.54. The highest BCUT2D eigenvalue weighted by Gasteiger charge is 2.30. The number of hydrogen-bond donors (Lipinski definition) is 4. The smallest absolute Gasteiger partial charge is 0.323 e. The molecule has 6 rings (SSSR count). The summed E-state index contributed by atoms with van der Waals surface area (Å²) in [6.45, 7) is 2.58. The summed E-state index contributed by atoms with van der Waals surface area (Å²) in [6.07, 6.45) is 4.25. The standard InChI is InChI=1S/C40H44N4O5S/c1-26-10-16-34(50(48,49)19-18-27-6-3-2-4-7-27)24-35(26)31-9-5-8-29(20-31)21-32(22-38(45)30-13-11-28(25-41)12-14-30)39(46)42-33-15-17-36-37(23-33)44-40(47)43-36/h2-10,15-17,20,23-24,28,30,32H,11-14,18-19,21-22,25,41H2,1H3,(H,42,46)(H2,43,44,47)/t28?,30?,32-/m1/s1. The lowest BCUT2D eigenvalue weighted by molar-refractivity contribution is -0.129. The third kappa shape index (κ3) is 8.49. The van der Waals surface area contributed by atoms with Crippen molar-refractivity contribution < 1.29 is 18.0 Å². The molecule has 1 amide bonds. The maximum atomic E-state index is 13.9. The Bertz CT molecular complexity index is 2150. The van der Waals surface area contributed by atoms with Crippen molar-refractivity contribution in [3.05, 3.63) is 118 Å². The Morgan fingerprint density at radius 2 is 1.60 bits per heavy atom. The van der Waals surface area contributed by atoms with Gasteiger partial charge >= 0.3 is 5.69 Å². The lowest BCUT2D eigenvalue weighted by Gasteiger charge is -2.27. The van der Waals surface area contributed by atoms with E-state index in [0.717, 1.165) is 53.5 Å². The summed E-state index contributed by atoms with van der Waals surface area (Å²) < 4.78 is 26.8. The van der Waals surface area contributed by atoms with Crippen molar-refractivity contribution in [2.45, 2.75) is 56.8 Å². The summed E-state index contributed by atoms with van der Waals surface area (Å²) in [4.78, 5) is 45.0. The van der Waals surface area contributed by atoms with Crippen LogP contribution in [0, 0.1) is 24.7 Å². The Morgan fingerprint density at radius 1 is 0.860 bits per heavy atom. The number of aryl methyl sites for hydroxylation is 2. The highest BCUT2D eigenvalue weighted by Crippen LogP contribution is 2.32. The van der Waals surface area contributed by atoms with Crippen LogP contribution in [0.3, 0.4) is 0 Å². The highest BCUT2D eigenvalue weighted by molar-refractivity contribution is 7.91. The van der Waals surface area contributed by atoms with E-state index in [-0.39, 0.29) is 40.4 Å². The first kappa shape index (κ1) is 35.0. The quantitative estimate of drug-likeness (QED) is 0.112. The number of anilines is 1. The topological polar surface area (TPSA) is 155 Å². The molecule has 0 spiro atoms. The lowest BCUT2D eigenvalue weighted by Crippen LogP contribution is -2.31. The molecule has 260 valence electrons. The van der Waals surface area contributed by atoms with Gasteiger partial charge in [0.15, 0.2) is 9.84 Å². The largest absolute Gasteiger partial charge is 0.330 e. The van der Waals surface area contributed by atoms with E-state index in [2.05, 4.69) is 15.3 Å². The van der Waals surface area contributed by atoms with E-state index in [1.165, 1.54) is 0 Å². The molecule has 0 saturated heterocycles. The molecule has 1 heterocycles. The van der Waals surface area contributed by atoms with Crippen LogP contribution >= 0.6 is 0 Å². The SMILES string of the molecule is Cc1ccc(S(=O)(=O)CCc2ccccc2)cc1-c1cccc(C[C@H](CC(=O)C2CCC(CN)CC2)C(=O)Nc2ccc3[nH]c(=O)[nH]c3c2)c1. The number of H-pyrrole nitrogens is 2. The second-order valence-corrected chi connectivity index (χ2v) is 15.7. The lowest BCUT2D eigenvalue weighted by atomic mass is 9.77. The van der Waals surface area contributed by atoms with Crippen molar-refractivity contribution in [2.75, 3.05) is 17.6 Å². The zero-order valence-electron chi connectivity index (χ0n) is 28.3. The number of nitrogens with one attached hydrogen (secondary N) is 3. The van der Waals surface area contributed by atoms with Gasteiger partial charge in [-0.25, -0.2) is 13.2 Å². The highest BCUT2D eigenvalue weighted by atomic mass is 32.2. The van der Waals surface area contributed by atoms with E-state index in [0.29, 0.717) is 42.0 Å². The number of rotatable bonds is 13. The average Bonchev–Trinajstić information content (AvgIpc) is 3.50. The number of nitrogens with two attached hydrogens (primary N) is 1. The number of benzene rings is 4. The summed E-state index contributed by atoms with van der Waals surface area (Å²) in [7, 11) is -3.54. The van der Waals surface area contributed by atoms with E-state index in [4.69, 9.17) is 5.73 Å². The van der Waals surface area contributed by atoms with Crippen LogP contribution in [0.4, 0.5) is 5.69 Å². The van der Waals surface area contributed by atoms with Crippen molar-refractivity contribution in [2.24, 2.45) is 23.5 Å². The number of aromatic nitrogens is 2. The Hall–Kier alpha value is -4.80. The maximum absolute atomic E-state index is 13.9. The number of carbonyl (C=O) groups is 2. The monoisotopic (exact) mass is 692 g/mol. The maximum Gasteiger partial charge on any atom is 0.323 e. The minimum Gasteiger partial charge on any atom is -0.330 e. The van der Waals surface area contributed by atoms with Gasteiger partial charge in [0.05, 0.1) is 21.7 Å². The van der Waals surface area contributed by atoms with E-state index < -0.39 is 15.8 Å². The first-order valence-electron chi connectivity index (χ1n) is 17.3. The molecule has 5 N–H and O–H groups in total. The van der Waals surface area contributed by atoms with Crippen LogP contribution in [0.1, 0.15) is 48.8 Å². The number of hydrogen-bond acceptors (Lipinski definition) is 6. The molecule has 1 aliphatic carbocycles. The van der Waals surface area contributed by atoms with Crippen molar-refractivity contribution in [3.63, 3.8) is 0 Å². The molecular formula is C40H44N4O5S. The molecule has 0 unspecified atom stereocenters. The van der Waals surface area contributed by atoms with E-state index in [9.17, 15) is 22.8 Å². The number of sulfone groups is 1. The molecule has 50 heavy (non-hydrogen) atoms. The first-order chi connectivity index (χ1) is 24.1. The van der Waals surface area contributed by atoms with Crippen molar-refractivity contribution in [1.29, 1.82) is 0 Å². The number of Topliss-reactive ketones (excluding diaryl/α,β-unsaturated/α-hetero) is 1. The first-order valence-corrected chi connectivity index (χ1v) is 19.0. The average molecular weight is 693 g/mol. The summed E-state index contributed by atoms with van der Waals surface area (Å²) in [5, 5.41) is 2.98. The molecule has 5 aromatic rings. The molecule has 0 radical (unpaired) electrons. The van der Waals surface area contributed by atoms with Gasteiger partial charge in [0.2, 0.25) is 5.91 Å². The minimum absolute atomic E-state index is 0.00531. The molecular weight excluding hydrogens is 649 g/mol. The van der Waals surface area contributed by atoms with Crippen molar-refractivity contribution in [1.82, 2.24) is 9.97 Å². The predicted molar refractivity (Wildman–Crippen MR) is 198 cm³/mol. The summed E-state index contributed by atoms with van der Waals surface area (Å²) in [6, 6.07) is 27.7. The molecule has 9 nitrogen and oxygen atoms in total. The Labute approximate surface area is 292 Å². The van der Waals surface area contributed by atoms with Crippen LogP contribution in [-0.4, -0.2) is 42.4 Å². The van der Waals surface area contributed by atoms with Gasteiger partial charge in [-0.15, -0.1) is 0 Å². The van der Waals surface area contributed by atoms with Crippen LogP contribution in [0.5, 0.6) is 0 Å². The fraction of sp³-hybridized carbons (Fsp3) is 0.325. The molecule has 4 aromatic carbocycles. The normalized spacial score (nSPS) is 17.0. The van der Waals surface area contributed by atoms with Gasteiger partial charge in [-0.2, -0.15) is 0 Å². The number of aromatic amines is 2. The Morgan fingerprint density at radius 3 is 2.36 bits per heavy atom. The van der Waals surface area contributed by atoms with Gasteiger partial charge < -0.3 is 21.0 Å². The zero-order chi connectivity index (χ0) is 35.3. The molecule has 1 aliphatic rings. The molecule has 1 atom stereocenters. The summed E-state index contributed by atoms with van der Waals surface area (Å²) in [5.74, 6) is -0.473. The third-order valence-electron chi connectivity index (χ3n) is 10.0. The van der Waals surface area contributed by atoms with Gasteiger partial charge in [-0.05, 0) is 116 Å². The number of fused-ring (bicyclic) bond motifs is 1. The van der Waals surface area contributed by atoms with Gasteiger partial charge in [-0.1, -0.05) is 60.7 Å².